The maximum absolute atomic E-state index is 11.7. The second-order valence-electron chi connectivity index (χ2n) is 9.42. The minimum absolute atomic E-state index is 0.489. The Kier molecular flexibility index (Phi) is 4.50. The molecule has 24 heavy (non-hydrogen) atoms. The molecule has 4 aliphatic carbocycles. The highest BCUT2D eigenvalue weighted by atomic mass is 32.2. The molecule has 5 rings (SSSR count). The van der Waals surface area contributed by atoms with E-state index in [1.54, 1.807) is 4.31 Å². The van der Waals surface area contributed by atoms with Crippen LogP contribution >= 0.6 is 0 Å². The highest BCUT2D eigenvalue weighted by Gasteiger charge is 2.53. The van der Waals surface area contributed by atoms with Gasteiger partial charge >= 0.3 is 0 Å². The molecule has 0 radical (unpaired) electrons. The molecule has 138 valence electrons. The topological polar surface area (TPSA) is 49.4 Å². The fourth-order valence-electron chi connectivity index (χ4n) is 6.97. The molecule has 0 spiro atoms. The summed E-state index contributed by atoms with van der Waals surface area (Å²) >= 11 is 0. The quantitative estimate of drug-likeness (QED) is 0.798. The molecule has 1 aliphatic heterocycles. The van der Waals surface area contributed by atoms with Crippen LogP contribution in [0.1, 0.15) is 58.3 Å². The zero-order chi connectivity index (χ0) is 16.9. The van der Waals surface area contributed by atoms with E-state index in [9.17, 15) is 8.42 Å². The molecule has 2 atom stereocenters. The van der Waals surface area contributed by atoms with Crippen LogP contribution in [0, 0.1) is 29.1 Å². The van der Waals surface area contributed by atoms with Crippen molar-refractivity contribution >= 4 is 10.0 Å². The maximum Gasteiger partial charge on any atom is 0.211 e. The van der Waals surface area contributed by atoms with E-state index in [1.807, 2.05) is 0 Å². The van der Waals surface area contributed by atoms with Gasteiger partial charge in [-0.25, -0.2) is 12.7 Å². The smallest absolute Gasteiger partial charge is 0.211 e. The lowest BCUT2D eigenvalue weighted by molar-refractivity contribution is -0.0748. The molecule has 5 fully saturated rings. The van der Waals surface area contributed by atoms with Crippen LogP contribution in [-0.2, 0) is 10.0 Å². The van der Waals surface area contributed by atoms with Gasteiger partial charge in [-0.1, -0.05) is 6.92 Å². The van der Waals surface area contributed by atoms with E-state index in [4.69, 9.17) is 0 Å². The third-order valence-corrected chi connectivity index (χ3v) is 8.87. The number of sulfonamides is 1. The zero-order valence-corrected chi connectivity index (χ0v) is 16.2. The first kappa shape index (κ1) is 17.3. The van der Waals surface area contributed by atoms with E-state index in [2.05, 4.69) is 12.2 Å². The molecule has 1 saturated heterocycles. The Balaban J connectivity index is 1.37. The second kappa shape index (κ2) is 6.24. The summed E-state index contributed by atoms with van der Waals surface area (Å²) < 4.78 is 25.1. The van der Waals surface area contributed by atoms with Crippen LogP contribution < -0.4 is 5.32 Å². The lowest BCUT2D eigenvalue weighted by Crippen LogP contribution is -2.56. The van der Waals surface area contributed by atoms with Crippen molar-refractivity contribution in [2.75, 3.05) is 25.9 Å². The molecule has 0 aromatic heterocycles. The first-order valence-corrected chi connectivity index (χ1v) is 11.9. The summed E-state index contributed by atoms with van der Waals surface area (Å²) in [5.41, 5.74) is 0.554. The van der Waals surface area contributed by atoms with Crippen LogP contribution in [-0.4, -0.2) is 44.7 Å². The highest BCUT2D eigenvalue weighted by molar-refractivity contribution is 7.88. The van der Waals surface area contributed by atoms with Gasteiger partial charge in [-0.2, -0.15) is 0 Å². The van der Waals surface area contributed by atoms with Crippen LogP contribution in [0.5, 0.6) is 0 Å². The van der Waals surface area contributed by atoms with Gasteiger partial charge in [0.25, 0.3) is 0 Å². The van der Waals surface area contributed by atoms with Crippen molar-refractivity contribution in [3.05, 3.63) is 0 Å². The summed E-state index contributed by atoms with van der Waals surface area (Å²) in [6.45, 7) is 4.75. The fraction of sp³-hybridized carbons (Fsp3) is 1.00. The van der Waals surface area contributed by atoms with Gasteiger partial charge < -0.3 is 5.32 Å². The highest BCUT2D eigenvalue weighted by Crippen LogP contribution is 2.61. The Labute approximate surface area is 147 Å². The normalized spacial score (nSPS) is 43.4. The molecule has 5 aliphatic rings. The first-order chi connectivity index (χ1) is 11.4. The SMILES string of the molecule is CC[C@H](NC[C@H]1CCN(S(C)(=O)=O)C1)C12CC3CC(CC(C3)C1)C2. The molecule has 0 amide bonds. The van der Waals surface area contributed by atoms with Crippen LogP contribution in [0.2, 0.25) is 0 Å². The van der Waals surface area contributed by atoms with Gasteiger partial charge in [-0.15, -0.1) is 0 Å². The third kappa shape index (κ3) is 3.16. The molecule has 1 N–H and O–H groups in total. The Morgan fingerprint density at radius 2 is 1.71 bits per heavy atom. The van der Waals surface area contributed by atoms with E-state index in [1.165, 1.54) is 51.2 Å². The Morgan fingerprint density at radius 3 is 2.17 bits per heavy atom. The Hall–Kier alpha value is -0.130. The van der Waals surface area contributed by atoms with Crippen LogP contribution in [0.3, 0.4) is 0 Å². The van der Waals surface area contributed by atoms with Crippen molar-refractivity contribution < 1.29 is 8.42 Å². The van der Waals surface area contributed by atoms with Crippen molar-refractivity contribution in [3.8, 4) is 0 Å². The lowest BCUT2D eigenvalue weighted by atomic mass is 9.47. The van der Waals surface area contributed by atoms with E-state index in [-0.39, 0.29) is 0 Å². The maximum atomic E-state index is 11.7. The largest absolute Gasteiger partial charge is 0.313 e. The molecule has 4 saturated carbocycles. The lowest BCUT2D eigenvalue weighted by Gasteiger charge is -2.59. The van der Waals surface area contributed by atoms with Crippen LogP contribution in [0.4, 0.5) is 0 Å². The molecular formula is C19H34N2O2S. The fourth-order valence-corrected chi connectivity index (χ4v) is 7.89. The number of rotatable bonds is 6. The van der Waals surface area contributed by atoms with Gasteiger partial charge in [-0.05, 0) is 87.0 Å². The van der Waals surface area contributed by atoms with Gasteiger partial charge in [0.2, 0.25) is 10.0 Å². The van der Waals surface area contributed by atoms with Crippen molar-refractivity contribution in [3.63, 3.8) is 0 Å². The van der Waals surface area contributed by atoms with E-state index < -0.39 is 10.0 Å². The van der Waals surface area contributed by atoms with Crippen molar-refractivity contribution in [2.45, 2.75) is 64.3 Å². The Bertz CT molecular complexity index is 539. The Morgan fingerprint density at radius 1 is 1.12 bits per heavy atom. The number of hydrogen-bond donors (Lipinski definition) is 1. The van der Waals surface area contributed by atoms with Crippen molar-refractivity contribution in [1.29, 1.82) is 0 Å². The molecular weight excluding hydrogens is 320 g/mol. The van der Waals surface area contributed by atoms with Gasteiger partial charge in [0.05, 0.1) is 6.26 Å². The monoisotopic (exact) mass is 354 g/mol. The minimum Gasteiger partial charge on any atom is -0.313 e. The van der Waals surface area contributed by atoms with E-state index >= 15 is 0 Å². The molecule has 0 aromatic rings. The summed E-state index contributed by atoms with van der Waals surface area (Å²) in [6, 6.07) is 0.637. The minimum atomic E-state index is -3.01. The standard InChI is InChI=1S/C19H34N2O2S/c1-3-18(20-12-14-4-5-21(13-14)24(2,22)23)19-9-15-6-16(10-19)8-17(7-15)11-19/h14-18,20H,3-13H2,1-2H3/t14-,15?,16?,17?,18+,19?/m1/s1. The van der Waals surface area contributed by atoms with Gasteiger partial charge in [-0.3, -0.25) is 0 Å². The van der Waals surface area contributed by atoms with Crippen LogP contribution in [0.25, 0.3) is 0 Å². The van der Waals surface area contributed by atoms with Crippen molar-refractivity contribution in [2.24, 2.45) is 29.1 Å². The van der Waals surface area contributed by atoms with Crippen molar-refractivity contribution in [1.82, 2.24) is 9.62 Å². The summed E-state index contributed by atoms with van der Waals surface area (Å²) in [5, 5.41) is 3.92. The number of nitrogens with one attached hydrogen (secondary N) is 1. The molecule has 4 bridgehead atoms. The predicted molar refractivity (Wildman–Crippen MR) is 97.2 cm³/mol. The number of nitrogens with zero attached hydrogens (tertiary/aromatic N) is 1. The van der Waals surface area contributed by atoms with E-state index in [0.29, 0.717) is 30.5 Å². The predicted octanol–water partition coefficient (Wildman–Crippen LogP) is 2.85. The molecule has 0 unspecified atom stereocenters. The molecule has 1 heterocycles. The van der Waals surface area contributed by atoms with Crippen LogP contribution in [0.15, 0.2) is 0 Å². The first-order valence-electron chi connectivity index (χ1n) is 10.1. The summed E-state index contributed by atoms with van der Waals surface area (Å²) in [4.78, 5) is 0. The molecule has 0 aromatic carbocycles. The summed E-state index contributed by atoms with van der Waals surface area (Å²) in [7, 11) is -3.01. The molecule has 5 heteroatoms. The summed E-state index contributed by atoms with van der Waals surface area (Å²) in [5.74, 6) is 3.49. The van der Waals surface area contributed by atoms with Gasteiger partial charge in [0.1, 0.15) is 0 Å². The average Bonchev–Trinajstić information content (AvgIpc) is 2.95. The number of hydrogen-bond acceptors (Lipinski definition) is 3. The summed E-state index contributed by atoms with van der Waals surface area (Å²) in [6.07, 6.45) is 12.4. The second-order valence-corrected chi connectivity index (χ2v) is 11.4. The van der Waals surface area contributed by atoms with Gasteiger partial charge in [0.15, 0.2) is 0 Å². The molecule has 4 nitrogen and oxygen atoms in total. The van der Waals surface area contributed by atoms with Gasteiger partial charge in [0, 0.05) is 19.1 Å². The average molecular weight is 355 g/mol. The van der Waals surface area contributed by atoms with E-state index in [0.717, 1.165) is 30.7 Å². The third-order valence-electron chi connectivity index (χ3n) is 7.60. The zero-order valence-electron chi connectivity index (χ0n) is 15.3.